The monoisotopic (exact) mass is 344 g/mol. The topological polar surface area (TPSA) is 75.3 Å². The van der Waals surface area contributed by atoms with Crippen LogP contribution in [0.25, 0.3) is 0 Å². The molecule has 0 atom stereocenters. The molecule has 5 nitrogen and oxygen atoms in total. The van der Waals surface area contributed by atoms with E-state index < -0.39 is 32.6 Å². The molecule has 0 aliphatic heterocycles. The summed E-state index contributed by atoms with van der Waals surface area (Å²) in [7, 11) is -4.17. The Morgan fingerprint density at radius 3 is 2.00 bits per heavy atom. The molecular weight excluding hydrogens is 333 g/mol. The number of sulfonamides is 1. The van der Waals surface area contributed by atoms with Crippen LogP contribution in [0, 0.1) is 0 Å². The average Bonchev–Trinajstić information content (AvgIpc) is 2.53. The number of carbonyl (C=O) groups excluding carboxylic acids is 1. The Morgan fingerprint density at radius 1 is 0.913 bits per heavy atom. The Kier molecular flexibility index (Phi) is 4.71. The van der Waals surface area contributed by atoms with Crippen molar-refractivity contribution in [2.45, 2.75) is 11.1 Å². The molecule has 1 amide bonds. The van der Waals surface area contributed by atoms with Crippen molar-refractivity contribution in [1.29, 1.82) is 0 Å². The fourth-order valence-corrected chi connectivity index (χ4v) is 2.50. The number of nitrogens with one attached hydrogen (secondary N) is 2. The number of hydrogen-bond acceptors (Lipinski definition) is 3. The van der Waals surface area contributed by atoms with Gasteiger partial charge in [-0.05, 0) is 36.4 Å². The Morgan fingerprint density at radius 2 is 1.48 bits per heavy atom. The maximum atomic E-state index is 12.4. The molecule has 2 aromatic rings. The summed E-state index contributed by atoms with van der Waals surface area (Å²) in [6.07, 6.45) is -4.56. The van der Waals surface area contributed by atoms with Gasteiger partial charge >= 0.3 is 6.18 Å². The second kappa shape index (κ2) is 6.39. The quantitative estimate of drug-likeness (QED) is 0.836. The van der Waals surface area contributed by atoms with Crippen molar-refractivity contribution < 1.29 is 26.4 Å². The van der Waals surface area contributed by atoms with Gasteiger partial charge in [-0.15, -0.1) is 4.83 Å². The van der Waals surface area contributed by atoms with E-state index >= 15 is 0 Å². The number of amides is 1. The summed E-state index contributed by atoms with van der Waals surface area (Å²) >= 11 is 0. The van der Waals surface area contributed by atoms with Gasteiger partial charge in [-0.1, -0.05) is 18.2 Å². The van der Waals surface area contributed by atoms with Crippen LogP contribution in [-0.4, -0.2) is 14.3 Å². The molecule has 0 spiro atoms. The smallest absolute Gasteiger partial charge is 0.273 e. The summed E-state index contributed by atoms with van der Waals surface area (Å²) in [6, 6.07) is 10.7. The minimum Gasteiger partial charge on any atom is -0.273 e. The highest BCUT2D eigenvalue weighted by atomic mass is 32.2. The Balaban J connectivity index is 2.09. The van der Waals surface area contributed by atoms with Crippen molar-refractivity contribution in [1.82, 2.24) is 10.3 Å². The van der Waals surface area contributed by atoms with Crippen LogP contribution in [0.3, 0.4) is 0 Å². The zero-order valence-electron chi connectivity index (χ0n) is 11.5. The average molecular weight is 344 g/mol. The van der Waals surface area contributed by atoms with Crippen LogP contribution in [0.4, 0.5) is 13.2 Å². The van der Waals surface area contributed by atoms with Crippen LogP contribution in [0.15, 0.2) is 59.5 Å². The van der Waals surface area contributed by atoms with E-state index in [1.54, 1.807) is 18.2 Å². The maximum absolute atomic E-state index is 12.4. The molecule has 2 N–H and O–H groups in total. The molecule has 0 fully saturated rings. The SMILES string of the molecule is O=C(NNS(=O)(=O)c1ccc(C(F)(F)F)cc1)c1ccccc1. The first-order valence-electron chi connectivity index (χ1n) is 6.24. The highest BCUT2D eigenvalue weighted by Gasteiger charge is 2.30. The van der Waals surface area contributed by atoms with Gasteiger partial charge in [0, 0.05) is 5.56 Å². The molecule has 0 saturated heterocycles. The molecule has 0 radical (unpaired) electrons. The number of carbonyl (C=O) groups is 1. The molecule has 2 aromatic carbocycles. The third-order valence-corrected chi connectivity index (χ3v) is 4.09. The second-order valence-corrected chi connectivity index (χ2v) is 6.13. The molecule has 0 aliphatic rings. The lowest BCUT2D eigenvalue weighted by atomic mass is 10.2. The number of halogens is 3. The van der Waals surface area contributed by atoms with E-state index in [1.165, 1.54) is 12.1 Å². The number of alkyl halides is 3. The lowest BCUT2D eigenvalue weighted by molar-refractivity contribution is -0.137. The normalized spacial score (nSPS) is 12.0. The molecule has 0 aromatic heterocycles. The first-order chi connectivity index (χ1) is 10.7. The standard InChI is InChI=1S/C14H11F3N2O3S/c15-14(16,17)11-6-8-12(9-7-11)23(21,22)19-18-13(20)10-4-2-1-3-5-10/h1-9,19H,(H,18,20). The number of hydrazine groups is 1. The van der Waals surface area contributed by atoms with E-state index in [-0.39, 0.29) is 5.56 Å². The van der Waals surface area contributed by atoms with Gasteiger partial charge in [-0.3, -0.25) is 10.2 Å². The Bertz CT molecular complexity index is 788. The number of hydrogen-bond donors (Lipinski definition) is 2. The third kappa shape index (κ3) is 4.30. The molecular formula is C14H11F3N2O3S. The van der Waals surface area contributed by atoms with Crippen molar-refractivity contribution in [3.05, 3.63) is 65.7 Å². The predicted molar refractivity (Wildman–Crippen MR) is 75.7 cm³/mol. The van der Waals surface area contributed by atoms with Crippen LogP contribution in [0.1, 0.15) is 15.9 Å². The highest BCUT2D eigenvalue weighted by Crippen LogP contribution is 2.29. The lowest BCUT2D eigenvalue weighted by Gasteiger charge is -2.10. The largest absolute Gasteiger partial charge is 0.416 e. The molecule has 0 aliphatic carbocycles. The molecule has 0 saturated carbocycles. The van der Waals surface area contributed by atoms with Crippen molar-refractivity contribution in [2.75, 3.05) is 0 Å². The van der Waals surface area contributed by atoms with Gasteiger partial charge in [0.15, 0.2) is 0 Å². The van der Waals surface area contributed by atoms with Crippen molar-refractivity contribution in [3.63, 3.8) is 0 Å². The van der Waals surface area contributed by atoms with E-state index in [0.717, 1.165) is 12.1 Å². The van der Waals surface area contributed by atoms with E-state index in [4.69, 9.17) is 0 Å². The Hall–Kier alpha value is -2.39. The van der Waals surface area contributed by atoms with Gasteiger partial charge in [0.2, 0.25) is 0 Å². The third-order valence-electron chi connectivity index (χ3n) is 2.83. The molecule has 0 unspecified atom stereocenters. The summed E-state index contributed by atoms with van der Waals surface area (Å²) in [5.41, 5.74) is 1.24. The van der Waals surface area contributed by atoms with Crippen molar-refractivity contribution in [2.24, 2.45) is 0 Å². The lowest BCUT2D eigenvalue weighted by Crippen LogP contribution is -2.41. The van der Waals surface area contributed by atoms with E-state index in [0.29, 0.717) is 12.1 Å². The van der Waals surface area contributed by atoms with E-state index in [2.05, 4.69) is 0 Å². The zero-order valence-corrected chi connectivity index (χ0v) is 12.3. The van der Waals surface area contributed by atoms with Crippen LogP contribution in [0.2, 0.25) is 0 Å². The van der Waals surface area contributed by atoms with Crippen molar-refractivity contribution in [3.8, 4) is 0 Å². The van der Waals surface area contributed by atoms with Crippen molar-refractivity contribution >= 4 is 15.9 Å². The minimum atomic E-state index is -4.56. The highest BCUT2D eigenvalue weighted by molar-refractivity contribution is 7.89. The second-order valence-electron chi connectivity index (χ2n) is 4.45. The fraction of sp³-hybridized carbons (Fsp3) is 0.0714. The predicted octanol–water partition coefficient (Wildman–Crippen LogP) is 2.33. The summed E-state index contributed by atoms with van der Waals surface area (Å²) in [6.45, 7) is 0. The van der Waals surface area contributed by atoms with E-state index in [9.17, 15) is 26.4 Å². The fourth-order valence-electron chi connectivity index (χ4n) is 1.66. The van der Waals surface area contributed by atoms with Gasteiger partial charge < -0.3 is 0 Å². The van der Waals surface area contributed by atoms with Crippen LogP contribution in [-0.2, 0) is 16.2 Å². The van der Waals surface area contributed by atoms with Gasteiger partial charge in [-0.25, -0.2) is 8.42 Å². The zero-order chi connectivity index (χ0) is 17.1. The molecule has 23 heavy (non-hydrogen) atoms. The Labute approximate surface area is 130 Å². The molecule has 0 heterocycles. The van der Waals surface area contributed by atoms with Crippen LogP contribution in [0.5, 0.6) is 0 Å². The molecule has 0 bridgehead atoms. The summed E-state index contributed by atoms with van der Waals surface area (Å²) in [5, 5.41) is 0. The van der Waals surface area contributed by atoms with Crippen LogP contribution < -0.4 is 10.3 Å². The summed E-state index contributed by atoms with van der Waals surface area (Å²) in [5.74, 6) is -0.693. The first kappa shape index (κ1) is 17.0. The number of benzene rings is 2. The molecule has 9 heteroatoms. The summed E-state index contributed by atoms with van der Waals surface area (Å²) < 4.78 is 61.2. The van der Waals surface area contributed by atoms with Crippen LogP contribution >= 0.6 is 0 Å². The van der Waals surface area contributed by atoms with E-state index in [1.807, 2.05) is 10.3 Å². The summed E-state index contributed by atoms with van der Waals surface area (Å²) in [4.78, 5) is 13.1. The first-order valence-corrected chi connectivity index (χ1v) is 7.73. The van der Waals surface area contributed by atoms with Gasteiger partial charge in [0.1, 0.15) is 0 Å². The molecule has 122 valence electrons. The van der Waals surface area contributed by atoms with Gasteiger partial charge in [0.25, 0.3) is 15.9 Å². The maximum Gasteiger partial charge on any atom is 0.416 e. The molecule has 2 rings (SSSR count). The van der Waals surface area contributed by atoms with Gasteiger partial charge in [0.05, 0.1) is 10.5 Å². The minimum absolute atomic E-state index is 0.225. The number of rotatable bonds is 4. The van der Waals surface area contributed by atoms with Gasteiger partial charge in [-0.2, -0.15) is 13.2 Å².